The van der Waals surface area contributed by atoms with Crippen LogP contribution in [0.2, 0.25) is 0 Å². The second kappa shape index (κ2) is 7.42. The van der Waals surface area contributed by atoms with Crippen molar-refractivity contribution in [3.63, 3.8) is 0 Å². The predicted octanol–water partition coefficient (Wildman–Crippen LogP) is 2.38. The highest BCUT2D eigenvalue weighted by Gasteiger charge is 2.16. The van der Waals surface area contributed by atoms with Gasteiger partial charge in [-0.3, -0.25) is 0 Å². The molecule has 0 spiro atoms. The van der Waals surface area contributed by atoms with E-state index >= 15 is 0 Å². The quantitative estimate of drug-likeness (QED) is 0.797. The van der Waals surface area contributed by atoms with E-state index in [2.05, 4.69) is 17.3 Å². The van der Waals surface area contributed by atoms with E-state index < -0.39 is 0 Å². The molecular formula is C18H23N3O2. The molecule has 0 radical (unpaired) electrons. The van der Waals surface area contributed by atoms with Crippen molar-refractivity contribution in [1.29, 1.82) is 0 Å². The molecule has 1 heterocycles. The molecule has 5 nitrogen and oxygen atoms in total. The van der Waals surface area contributed by atoms with Crippen LogP contribution in [0.1, 0.15) is 30.1 Å². The van der Waals surface area contributed by atoms with Gasteiger partial charge in [0.25, 0.3) is 0 Å². The molecule has 0 aliphatic heterocycles. The standard InChI is InChI=1S/C18H23N3O2/c1-23-16-8-6-15(7-9-16)12-17-19-18(21(20-17)10-11-22)13-14-4-2-3-5-14/h2,4,6-9,14,22H,3,5,10-13H2,1H3/t14-/m1/s1. The van der Waals surface area contributed by atoms with Gasteiger partial charge in [0.05, 0.1) is 20.3 Å². The van der Waals surface area contributed by atoms with Gasteiger partial charge in [0.2, 0.25) is 0 Å². The molecule has 0 unspecified atom stereocenters. The highest BCUT2D eigenvalue weighted by Crippen LogP contribution is 2.21. The van der Waals surface area contributed by atoms with Crippen LogP contribution >= 0.6 is 0 Å². The van der Waals surface area contributed by atoms with Crippen molar-refractivity contribution in [2.24, 2.45) is 5.92 Å². The molecule has 0 bridgehead atoms. The Bertz CT molecular complexity index is 661. The molecule has 0 amide bonds. The van der Waals surface area contributed by atoms with E-state index in [0.29, 0.717) is 18.9 Å². The Morgan fingerprint density at radius 2 is 2.13 bits per heavy atom. The first-order valence-corrected chi connectivity index (χ1v) is 8.11. The van der Waals surface area contributed by atoms with Crippen LogP contribution in [0.5, 0.6) is 5.75 Å². The molecule has 0 saturated carbocycles. The fraction of sp³-hybridized carbons (Fsp3) is 0.444. The number of ether oxygens (including phenoxy) is 1. The topological polar surface area (TPSA) is 60.2 Å². The van der Waals surface area contributed by atoms with Crippen molar-refractivity contribution < 1.29 is 9.84 Å². The molecule has 1 aliphatic rings. The van der Waals surface area contributed by atoms with Gasteiger partial charge in [-0.1, -0.05) is 24.3 Å². The summed E-state index contributed by atoms with van der Waals surface area (Å²) in [6, 6.07) is 7.96. The number of benzene rings is 1. The average Bonchev–Trinajstić information content (AvgIpc) is 3.20. The Labute approximate surface area is 136 Å². The van der Waals surface area contributed by atoms with Gasteiger partial charge in [0.15, 0.2) is 5.82 Å². The summed E-state index contributed by atoms with van der Waals surface area (Å²) < 4.78 is 7.03. The Hall–Kier alpha value is -2.14. The normalized spacial score (nSPS) is 16.9. The van der Waals surface area contributed by atoms with Crippen LogP contribution < -0.4 is 4.74 Å². The van der Waals surface area contributed by atoms with Crippen LogP contribution in [0.25, 0.3) is 0 Å². The van der Waals surface area contributed by atoms with E-state index in [-0.39, 0.29) is 6.61 Å². The molecule has 0 saturated heterocycles. The lowest BCUT2D eigenvalue weighted by molar-refractivity contribution is 0.266. The van der Waals surface area contributed by atoms with Crippen LogP contribution in [0, 0.1) is 5.92 Å². The number of aliphatic hydroxyl groups excluding tert-OH is 1. The first kappa shape index (κ1) is 15.7. The summed E-state index contributed by atoms with van der Waals surface area (Å²) in [5, 5.41) is 13.8. The van der Waals surface area contributed by atoms with Crippen molar-refractivity contribution in [2.75, 3.05) is 13.7 Å². The molecule has 1 N–H and O–H groups in total. The van der Waals surface area contributed by atoms with Crippen molar-refractivity contribution in [2.45, 2.75) is 32.2 Å². The predicted molar refractivity (Wildman–Crippen MR) is 88.5 cm³/mol. The lowest BCUT2D eigenvalue weighted by atomic mass is 10.1. The Kier molecular flexibility index (Phi) is 5.08. The fourth-order valence-corrected chi connectivity index (χ4v) is 2.95. The zero-order chi connectivity index (χ0) is 16.1. The summed E-state index contributed by atoms with van der Waals surface area (Å²) in [6.45, 7) is 0.584. The zero-order valence-electron chi connectivity index (χ0n) is 13.5. The summed E-state index contributed by atoms with van der Waals surface area (Å²) in [5.74, 6) is 3.17. The Morgan fingerprint density at radius 1 is 1.30 bits per heavy atom. The molecule has 1 aliphatic carbocycles. The van der Waals surface area contributed by atoms with Crippen molar-refractivity contribution in [3.8, 4) is 5.75 Å². The minimum absolute atomic E-state index is 0.0822. The summed E-state index contributed by atoms with van der Waals surface area (Å²) >= 11 is 0. The largest absolute Gasteiger partial charge is 0.497 e. The van der Waals surface area contributed by atoms with Gasteiger partial charge in [0, 0.05) is 12.8 Å². The van der Waals surface area contributed by atoms with Gasteiger partial charge < -0.3 is 9.84 Å². The average molecular weight is 313 g/mol. The van der Waals surface area contributed by atoms with Crippen molar-refractivity contribution >= 4 is 0 Å². The third kappa shape index (κ3) is 3.99. The monoisotopic (exact) mass is 313 g/mol. The molecule has 1 aromatic heterocycles. The van der Waals surface area contributed by atoms with Crippen LogP contribution in [-0.4, -0.2) is 33.6 Å². The van der Waals surface area contributed by atoms with Crippen LogP contribution in [0.3, 0.4) is 0 Å². The minimum atomic E-state index is 0.0822. The number of nitrogens with zero attached hydrogens (tertiary/aromatic N) is 3. The van der Waals surface area contributed by atoms with Gasteiger partial charge in [0.1, 0.15) is 11.6 Å². The summed E-state index contributed by atoms with van der Waals surface area (Å²) in [7, 11) is 1.66. The maximum Gasteiger partial charge on any atom is 0.155 e. The SMILES string of the molecule is COc1ccc(Cc2nc(C[C@@H]3C=CCC3)n(CCO)n2)cc1. The fourth-order valence-electron chi connectivity index (χ4n) is 2.95. The number of allylic oxidation sites excluding steroid dienone is 2. The van der Waals surface area contributed by atoms with E-state index in [1.165, 1.54) is 6.42 Å². The highest BCUT2D eigenvalue weighted by molar-refractivity contribution is 5.28. The molecule has 23 heavy (non-hydrogen) atoms. The van der Waals surface area contributed by atoms with E-state index in [9.17, 15) is 5.11 Å². The maximum absolute atomic E-state index is 9.25. The first-order valence-electron chi connectivity index (χ1n) is 8.11. The van der Waals surface area contributed by atoms with Gasteiger partial charge in [-0.15, -0.1) is 0 Å². The summed E-state index contributed by atoms with van der Waals surface area (Å²) in [6.07, 6.45) is 8.41. The lowest BCUT2D eigenvalue weighted by Crippen LogP contribution is -2.11. The zero-order valence-corrected chi connectivity index (χ0v) is 13.5. The van der Waals surface area contributed by atoms with Crippen LogP contribution in [0.4, 0.5) is 0 Å². The third-order valence-electron chi connectivity index (χ3n) is 4.18. The molecule has 1 aromatic carbocycles. The summed E-state index contributed by atoms with van der Waals surface area (Å²) in [4.78, 5) is 4.71. The van der Waals surface area contributed by atoms with Crippen molar-refractivity contribution in [3.05, 3.63) is 53.6 Å². The molecule has 3 rings (SSSR count). The number of hydrogen-bond acceptors (Lipinski definition) is 4. The molecule has 5 heteroatoms. The van der Waals surface area contributed by atoms with Crippen LogP contribution in [-0.2, 0) is 19.4 Å². The summed E-state index contributed by atoms with van der Waals surface area (Å²) in [5.41, 5.74) is 1.15. The minimum Gasteiger partial charge on any atom is -0.497 e. The van der Waals surface area contributed by atoms with Gasteiger partial charge in [-0.25, -0.2) is 9.67 Å². The number of methoxy groups -OCH3 is 1. The number of rotatable bonds is 7. The molecule has 2 aromatic rings. The number of hydrogen-bond donors (Lipinski definition) is 1. The number of aliphatic hydroxyl groups is 1. The molecule has 122 valence electrons. The van der Waals surface area contributed by atoms with Gasteiger partial charge >= 0.3 is 0 Å². The van der Waals surface area contributed by atoms with E-state index in [1.807, 2.05) is 28.9 Å². The first-order chi connectivity index (χ1) is 11.3. The number of aromatic nitrogens is 3. The molecule has 1 atom stereocenters. The van der Waals surface area contributed by atoms with Gasteiger partial charge in [-0.2, -0.15) is 5.10 Å². The Balaban J connectivity index is 1.74. The Morgan fingerprint density at radius 3 is 2.78 bits per heavy atom. The highest BCUT2D eigenvalue weighted by atomic mass is 16.5. The molecular weight excluding hydrogens is 290 g/mol. The molecule has 0 fully saturated rings. The van der Waals surface area contributed by atoms with Gasteiger partial charge in [-0.05, 0) is 36.5 Å². The maximum atomic E-state index is 9.25. The van der Waals surface area contributed by atoms with E-state index in [4.69, 9.17) is 9.72 Å². The van der Waals surface area contributed by atoms with Crippen molar-refractivity contribution in [1.82, 2.24) is 14.8 Å². The lowest BCUT2D eigenvalue weighted by Gasteiger charge is -2.07. The third-order valence-corrected chi connectivity index (χ3v) is 4.18. The smallest absolute Gasteiger partial charge is 0.155 e. The van der Waals surface area contributed by atoms with Crippen LogP contribution in [0.15, 0.2) is 36.4 Å². The second-order valence-corrected chi connectivity index (χ2v) is 5.89. The van der Waals surface area contributed by atoms with E-state index in [1.54, 1.807) is 7.11 Å². The van der Waals surface area contributed by atoms with E-state index in [0.717, 1.165) is 35.8 Å². The second-order valence-electron chi connectivity index (χ2n) is 5.89.